The van der Waals surface area contributed by atoms with Gasteiger partial charge in [-0.15, -0.1) is 0 Å². The van der Waals surface area contributed by atoms with Gasteiger partial charge in [-0.05, 0) is 35.9 Å². The van der Waals surface area contributed by atoms with E-state index in [4.69, 9.17) is 27.9 Å². The number of ether oxygens (including phenoxy) is 1. The molecule has 0 aliphatic heterocycles. The van der Waals surface area contributed by atoms with Gasteiger partial charge in [-0.3, -0.25) is 9.59 Å². The Hall–Kier alpha value is -3.16. The van der Waals surface area contributed by atoms with E-state index >= 15 is 0 Å². The van der Waals surface area contributed by atoms with Crippen LogP contribution in [0.1, 0.15) is 28.5 Å². The van der Waals surface area contributed by atoms with E-state index in [9.17, 15) is 19.1 Å². The highest BCUT2D eigenvalue weighted by Gasteiger charge is 2.23. The van der Waals surface area contributed by atoms with E-state index in [1.807, 2.05) is 0 Å². The molecule has 2 aromatic carbocycles. The zero-order valence-corrected chi connectivity index (χ0v) is 17.7. The van der Waals surface area contributed by atoms with E-state index < -0.39 is 23.7 Å². The maximum Gasteiger partial charge on any atom is 0.305 e. The quantitative estimate of drug-likeness (QED) is 0.506. The molecule has 3 aromatic rings. The number of nitrogens with zero attached hydrogens (tertiary/aromatic N) is 1. The number of benzene rings is 2. The van der Waals surface area contributed by atoms with Crippen LogP contribution in [0.5, 0.6) is 5.75 Å². The predicted molar refractivity (Wildman–Crippen MR) is 115 cm³/mol. The summed E-state index contributed by atoms with van der Waals surface area (Å²) < 4.78 is 19.8. The van der Waals surface area contributed by atoms with Crippen LogP contribution >= 0.6 is 23.2 Å². The molecular weight excluding hydrogens is 446 g/mol. The van der Waals surface area contributed by atoms with Gasteiger partial charge in [0.15, 0.2) is 5.82 Å². The van der Waals surface area contributed by atoms with Gasteiger partial charge in [-0.2, -0.15) is 0 Å². The molecule has 0 unspecified atom stereocenters. The van der Waals surface area contributed by atoms with Gasteiger partial charge < -0.3 is 15.2 Å². The molecule has 160 valence electrons. The van der Waals surface area contributed by atoms with Crippen molar-refractivity contribution in [2.45, 2.75) is 12.5 Å². The molecule has 3 rings (SSSR count). The molecule has 31 heavy (non-hydrogen) atoms. The number of carboxylic acid groups (broad SMARTS) is 1. The molecule has 0 saturated carbocycles. The number of hydrogen-bond acceptors (Lipinski definition) is 4. The lowest BCUT2D eigenvalue weighted by atomic mass is 10.0. The summed E-state index contributed by atoms with van der Waals surface area (Å²) in [6.45, 7) is 0. The average Bonchev–Trinajstić information content (AvgIpc) is 2.74. The second-order valence-corrected chi connectivity index (χ2v) is 7.31. The van der Waals surface area contributed by atoms with Crippen LogP contribution in [0.3, 0.4) is 0 Å². The lowest BCUT2D eigenvalue weighted by Gasteiger charge is -2.19. The van der Waals surface area contributed by atoms with Gasteiger partial charge in [-0.25, -0.2) is 9.37 Å². The standard InChI is InChI=1S/C22H17Cl2FN2O4/c1-31-18-10-9-16(26-21(18)13-6-4-8-15(24)20(13)25)22(30)27-17(11-19(28)29)12-5-2-3-7-14(12)23/h2-10,17H,11H2,1H3,(H,27,30)(H,28,29)/t17-/m0/s1. The molecule has 1 amide bonds. The number of carbonyl (C=O) groups is 2. The monoisotopic (exact) mass is 462 g/mol. The third-order valence-corrected chi connectivity index (χ3v) is 5.12. The number of rotatable bonds is 7. The third kappa shape index (κ3) is 5.13. The first kappa shape index (κ1) is 22.5. The molecule has 9 heteroatoms. The number of pyridine rings is 1. The molecule has 1 heterocycles. The van der Waals surface area contributed by atoms with Crippen LogP contribution in [-0.2, 0) is 4.79 Å². The van der Waals surface area contributed by atoms with E-state index in [0.29, 0.717) is 10.6 Å². The number of aliphatic carboxylic acids is 1. The minimum Gasteiger partial charge on any atom is -0.494 e. The van der Waals surface area contributed by atoms with Crippen molar-refractivity contribution in [3.05, 3.63) is 81.7 Å². The van der Waals surface area contributed by atoms with Crippen molar-refractivity contribution in [1.29, 1.82) is 0 Å². The fourth-order valence-electron chi connectivity index (χ4n) is 3.02. The summed E-state index contributed by atoms with van der Waals surface area (Å²) >= 11 is 12.0. The molecule has 0 saturated heterocycles. The fourth-order valence-corrected chi connectivity index (χ4v) is 3.46. The molecule has 0 spiro atoms. The van der Waals surface area contributed by atoms with Crippen LogP contribution in [-0.4, -0.2) is 29.1 Å². The molecule has 2 N–H and O–H groups in total. The molecule has 1 aromatic heterocycles. The first-order valence-electron chi connectivity index (χ1n) is 9.08. The molecule has 6 nitrogen and oxygen atoms in total. The number of hydrogen-bond donors (Lipinski definition) is 2. The van der Waals surface area contributed by atoms with Crippen LogP contribution < -0.4 is 10.1 Å². The summed E-state index contributed by atoms with van der Waals surface area (Å²) in [5.41, 5.74) is 0.544. The summed E-state index contributed by atoms with van der Waals surface area (Å²) in [5.74, 6) is -2.23. The summed E-state index contributed by atoms with van der Waals surface area (Å²) in [7, 11) is 1.39. The van der Waals surface area contributed by atoms with Crippen molar-refractivity contribution in [2.75, 3.05) is 7.11 Å². The van der Waals surface area contributed by atoms with E-state index in [-0.39, 0.29) is 34.1 Å². The lowest BCUT2D eigenvalue weighted by molar-refractivity contribution is -0.137. The first-order valence-corrected chi connectivity index (χ1v) is 9.84. The average molecular weight is 463 g/mol. The second-order valence-electron chi connectivity index (χ2n) is 6.49. The van der Waals surface area contributed by atoms with Crippen molar-refractivity contribution < 1.29 is 23.8 Å². The minimum atomic E-state index is -1.12. The van der Waals surface area contributed by atoms with Crippen LogP contribution in [0.2, 0.25) is 10.0 Å². The van der Waals surface area contributed by atoms with Crippen molar-refractivity contribution in [3.63, 3.8) is 0 Å². The summed E-state index contributed by atoms with van der Waals surface area (Å²) in [6.07, 6.45) is -0.387. The molecule has 0 aliphatic carbocycles. The molecule has 0 aliphatic rings. The largest absolute Gasteiger partial charge is 0.494 e. The normalized spacial score (nSPS) is 11.6. The van der Waals surface area contributed by atoms with Crippen LogP contribution in [0.25, 0.3) is 11.3 Å². The number of amides is 1. The number of halogens is 3. The van der Waals surface area contributed by atoms with Gasteiger partial charge >= 0.3 is 5.97 Å². The van der Waals surface area contributed by atoms with Crippen molar-refractivity contribution in [2.24, 2.45) is 0 Å². The molecule has 0 fully saturated rings. The Labute approximate surface area is 187 Å². The van der Waals surface area contributed by atoms with Crippen molar-refractivity contribution in [1.82, 2.24) is 10.3 Å². The van der Waals surface area contributed by atoms with Gasteiger partial charge in [0.2, 0.25) is 0 Å². The summed E-state index contributed by atoms with van der Waals surface area (Å²) in [4.78, 5) is 28.5. The number of carboxylic acids is 1. The Balaban J connectivity index is 1.98. The summed E-state index contributed by atoms with van der Waals surface area (Å²) in [6, 6.07) is 13.0. The highest BCUT2D eigenvalue weighted by molar-refractivity contribution is 6.31. The predicted octanol–water partition coefficient (Wildman–Crippen LogP) is 5.15. The molecular formula is C22H17Cl2FN2O4. The van der Waals surface area contributed by atoms with Crippen LogP contribution in [0, 0.1) is 5.82 Å². The van der Waals surface area contributed by atoms with Gasteiger partial charge in [0.1, 0.15) is 17.1 Å². The number of nitrogens with one attached hydrogen (secondary N) is 1. The topological polar surface area (TPSA) is 88.5 Å². The number of aromatic nitrogens is 1. The Bertz CT molecular complexity index is 1140. The van der Waals surface area contributed by atoms with E-state index in [2.05, 4.69) is 10.3 Å². The SMILES string of the molecule is COc1ccc(C(=O)N[C@@H](CC(=O)O)c2ccccc2Cl)nc1-c1cccc(Cl)c1F. The van der Waals surface area contributed by atoms with Gasteiger partial charge in [0.05, 0.1) is 24.6 Å². The Kier molecular flexibility index (Phi) is 7.09. The highest BCUT2D eigenvalue weighted by Crippen LogP contribution is 2.33. The highest BCUT2D eigenvalue weighted by atomic mass is 35.5. The summed E-state index contributed by atoms with van der Waals surface area (Å²) in [5, 5.41) is 12.1. The van der Waals surface area contributed by atoms with Crippen molar-refractivity contribution >= 4 is 35.1 Å². The van der Waals surface area contributed by atoms with Gasteiger partial charge in [-0.1, -0.05) is 47.5 Å². The van der Waals surface area contributed by atoms with Gasteiger partial charge in [0.25, 0.3) is 5.91 Å². The Morgan fingerprint density at radius 2 is 1.81 bits per heavy atom. The van der Waals surface area contributed by atoms with Crippen LogP contribution in [0.4, 0.5) is 4.39 Å². The van der Waals surface area contributed by atoms with Crippen molar-refractivity contribution in [3.8, 4) is 17.0 Å². The third-order valence-electron chi connectivity index (χ3n) is 4.48. The maximum atomic E-state index is 14.5. The van der Waals surface area contributed by atoms with E-state index in [1.165, 1.54) is 31.4 Å². The Morgan fingerprint density at radius 1 is 1.10 bits per heavy atom. The second kappa shape index (κ2) is 9.76. The first-order chi connectivity index (χ1) is 14.8. The smallest absolute Gasteiger partial charge is 0.305 e. The fraction of sp³-hybridized carbons (Fsp3) is 0.136. The van der Waals surface area contributed by atoms with Crippen LogP contribution in [0.15, 0.2) is 54.6 Å². The lowest BCUT2D eigenvalue weighted by Crippen LogP contribution is -2.31. The Morgan fingerprint density at radius 3 is 2.48 bits per heavy atom. The molecule has 1 atom stereocenters. The molecule has 0 bridgehead atoms. The number of carbonyl (C=O) groups excluding carboxylic acids is 1. The number of methoxy groups -OCH3 is 1. The minimum absolute atomic E-state index is 0.0578. The maximum absolute atomic E-state index is 14.5. The zero-order valence-electron chi connectivity index (χ0n) is 16.2. The van der Waals surface area contributed by atoms with E-state index in [0.717, 1.165) is 0 Å². The van der Waals surface area contributed by atoms with Gasteiger partial charge in [0, 0.05) is 10.6 Å². The zero-order chi connectivity index (χ0) is 22.5. The van der Waals surface area contributed by atoms with E-state index in [1.54, 1.807) is 30.3 Å². The molecule has 0 radical (unpaired) electrons.